The molecule has 1 aromatic rings. The zero-order valence-corrected chi connectivity index (χ0v) is 11.7. The van der Waals surface area contributed by atoms with E-state index in [2.05, 4.69) is 36.7 Å². The van der Waals surface area contributed by atoms with Crippen LogP contribution in [-0.2, 0) is 4.74 Å². The van der Waals surface area contributed by atoms with Gasteiger partial charge in [0.05, 0.1) is 6.61 Å². The molecular weight excluding hydrogens is 234 g/mol. The minimum absolute atomic E-state index is 0.191. The van der Waals surface area contributed by atoms with E-state index in [1.54, 1.807) is 18.4 Å². The van der Waals surface area contributed by atoms with Crippen molar-refractivity contribution in [2.24, 2.45) is 5.92 Å². The van der Waals surface area contributed by atoms with Gasteiger partial charge in [-0.1, -0.05) is 19.9 Å². The van der Waals surface area contributed by atoms with E-state index >= 15 is 0 Å². The van der Waals surface area contributed by atoms with Crippen LogP contribution < -0.4 is 5.32 Å². The summed E-state index contributed by atoms with van der Waals surface area (Å²) in [6.45, 7) is 5.24. The highest BCUT2D eigenvalue weighted by Gasteiger charge is 2.20. The maximum absolute atomic E-state index is 9.05. The lowest BCUT2D eigenvalue weighted by molar-refractivity contribution is 0.138. The topological polar surface area (TPSA) is 41.5 Å². The molecule has 1 rings (SSSR count). The largest absolute Gasteiger partial charge is 0.396 e. The molecule has 0 aliphatic rings. The Morgan fingerprint density at radius 1 is 1.47 bits per heavy atom. The van der Waals surface area contributed by atoms with Crippen molar-refractivity contribution in [1.29, 1.82) is 0 Å². The molecule has 0 aliphatic carbocycles. The first-order chi connectivity index (χ1) is 8.19. The van der Waals surface area contributed by atoms with E-state index in [1.165, 1.54) is 4.88 Å². The second-order valence-corrected chi connectivity index (χ2v) is 5.55. The molecule has 0 spiro atoms. The van der Waals surface area contributed by atoms with Crippen molar-refractivity contribution in [1.82, 2.24) is 5.32 Å². The van der Waals surface area contributed by atoms with Gasteiger partial charge in [0.25, 0.3) is 0 Å². The van der Waals surface area contributed by atoms with Crippen molar-refractivity contribution in [3.63, 3.8) is 0 Å². The molecule has 3 nitrogen and oxygen atoms in total. The first-order valence-electron chi connectivity index (χ1n) is 6.08. The van der Waals surface area contributed by atoms with Gasteiger partial charge in [0, 0.05) is 30.7 Å². The van der Waals surface area contributed by atoms with Gasteiger partial charge in [-0.3, -0.25) is 0 Å². The summed E-state index contributed by atoms with van der Waals surface area (Å²) in [5, 5.41) is 14.7. The number of hydrogen-bond acceptors (Lipinski definition) is 4. The highest BCUT2D eigenvalue weighted by molar-refractivity contribution is 7.10. The Bertz CT molecular complexity index is 282. The zero-order chi connectivity index (χ0) is 12.7. The summed E-state index contributed by atoms with van der Waals surface area (Å²) in [6, 6.07) is 4.78. The van der Waals surface area contributed by atoms with Crippen molar-refractivity contribution in [2.75, 3.05) is 20.3 Å². The Balaban J connectivity index is 2.64. The minimum atomic E-state index is 0.191. The summed E-state index contributed by atoms with van der Waals surface area (Å²) < 4.78 is 5.18. The number of rotatable bonds is 8. The van der Waals surface area contributed by atoms with Gasteiger partial charge in [-0.05, 0) is 23.8 Å². The van der Waals surface area contributed by atoms with Gasteiger partial charge in [0.1, 0.15) is 0 Å². The third-order valence-corrected chi connectivity index (χ3v) is 3.73. The molecule has 0 aromatic carbocycles. The number of hydrogen-bond donors (Lipinski definition) is 2. The normalized spacial score (nSPS) is 15.1. The van der Waals surface area contributed by atoms with Gasteiger partial charge in [0.15, 0.2) is 0 Å². The Kier molecular flexibility index (Phi) is 6.73. The lowest BCUT2D eigenvalue weighted by atomic mass is 10.0. The van der Waals surface area contributed by atoms with Crippen molar-refractivity contribution in [3.05, 3.63) is 22.4 Å². The van der Waals surface area contributed by atoms with Gasteiger partial charge in [-0.15, -0.1) is 11.3 Å². The molecule has 0 bridgehead atoms. The number of ether oxygens (including phenoxy) is 1. The maximum Gasteiger partial charge on any atom is 0.0616 e. The molecule has 17 heavy (non-hydrogen) atoms. The first-order valence-corrected chi connectivity index (χ1v) is 6.96. The van der Waals surface area contributed by atoms with Crippen LogP contribution in [0, 0.1) is 5.92 Å². The van der Waals surface area contributed by atoms with Crippen LogP contribution in [0.4, 0.5) is 0 Å². The SMILES string of the molecule is COCC(CCO)NC(c1cccs1)C(C)C. The summed E-state index contributed by atoms with van der Waals surface area (Å²) in [6.07, 6.45) is 0.725. The summed E-state index contributed by atoms with van der Waals surface area (Å²) in [7, 11) is 1.70. The van der Waals surface area contributed by atoms with Crippen LogP contribution >= 0.6 is 11.3 Å². The van der Waals surface area contributed by atoms with E-state index in [0.717, 1.165) is 6.42 Å². The van der Waals surface area contributed by atoms with Gasteiger partial charge in [0.2, 0.25) is 0 Å². The molecule has 0 saturated heterocycles. The van der Waals surface area contributed by atoms with Gasteiger partial charge in [-0.25, -0.2) is 0 Å². The maximum atomic E-state index is 9.05. The lowest BCUT2D eigenvalue weighted by Crippen LogP contribution is -2.38. The molecule has 0 saturated carbocycles. The Morgan fingerprint density at radius 2 is 2.24 bits per heavy atom. The van der Waals surface area contributed by atoms with Crippen LogP contribution in [-0.4, -0.2) is 31.5 Å². The third-order valence-electron chi connectivity index (χ3n) is 2.78. The third kappa shape index (κ3) is 4.76. The number of thiophene rings is 1. The molecule has 1 heterocycles. The lowest BCUT2D eigenvalue weighted by Gasteiger charge is -2.27. The molecule has 2 N–H and O–H groups in total. The number of aliphatic hydroxyl groups is 1. The molecule has 0 aliphatic heterocycles. The summed E-state index contributed by atoms with van der Waals surface area (Å²) in [5.41, 5.74) is 0. The highest BCUT2D eigenvalue weighted by atomic mass is 32.1. The molecule has 4 heteroatoms. The molecule has 1 aromatic heterocycles. The average molecular weight is 257 g/mol. The molecule has 0 radical (unpaired) electrons. The predicted octanol–water partition coefficient (Wildman–Crippen LogP) is 2.43. The zero-order valence-electron chi connectivity index (χ0n) is 10.8. The van der Waals surface area contributed by atoms with E-state index in [-0.39, 0.29) is 12.6 Å². The second kappa shape index (κ2) is 7.82. The van der Waals surface area contributed by atoms with E-state index in [1.807, 2.05) is 0 Å². The van der Waals surface area contributed by atoms with E-state index in [9.17, 15) is 0 Å². The fourth-order valence-corrected chi connectivity index (χ4v) is 2.86. The van der Waals surface area contributed by atoms with Gasteiger partial charge < -0.3 is 15.2 Å². The Labute approximate surface area is 108 Å². The van der Waals surface area contributed by atoms with Crippen molar-refractivity contribution < 1.29 is 9.84 Å². The minimum Gasteiger partial charge on any atom is -0.396 e. The second-order valence-electron chi connectivity index (χ2n) is 4.57. The van der Waals surface area contributed by atoms with Crippen molar-refractivity contribution in [2.45, 2.75) is 32.4 Å². The Morgan fingerprint density at radius 3 is 2.71 bits per heavy atom. The Hall–Kier alpha value is -0.420. The standard InChI is InChI=1S/C13H23NO2S/c1-10(2)13(12-5-4-8-17-12)14-11(6-7-15)9-16-3/h4-5,8,10-11,13-15H,6-7,9H2,1-3H3. The molecule has 98 valence electrons. The van der Waals surface area contributed by atoms with Crippen LogP contribution in [0.5, 0.6) is 0 Å². The fourth-order valence-electron chi connectivity index (χ4n) is 1.90. The van der Waals surface area contributed by atoms with Crippen LogP contribution in [0.3, 0.4) is 0 Å². The van der Waals surface area contributed by atoms with E-state index in [0.29, 0.717) is 18.6 Å². The average Bonchev–Trinajstić information content (AvgIpc) is 2.79. The van der Waals surface area contributed by atoms with Gasteiger partial charge in [-0.2, -0.15) is 0 Å². The van der Waals surface area contributed by atoms with E-state index < -0.39 is 0 Å². The molecule has 2 atom stereocenters. The summed E-state index contributed by atoms with van der Waals surface area (Å²) in [4.78, 5) is 1.35. The highest BCUT2D eigenvalue weighted by Crippen LogP contribution is 2.26. The van der Waals surface area contributed by atoms with Crippen molar-refractivity contribution >= 4 is 11.3 Å². The molecule has 0 amide bonds. The van der Waals surface area contributed by atoms with Crippen molar-refractivity contribution in [3.8, 4) is 0 Å². The van der Waals surface area contributed by atoms with Crippen LogP contribution in [0.2, 0.25) is 0 Å². The number of methoxy groups -OCH3 is 1. The molecular formula is C13H23NO2S. The summed E-state index contributed by atoms with van der Waals surface area (Å²) in [5.74, 6) is 0.520. The van der Waals surface area contributed by atoms with E-state index in [4.69, 9.17) is 9.84 Å². The quantitative estimate of drug-likeness (QED) is 0.751. The first kappa shape index (κ1) is 14.6. The monoisotopic (exact) mass is 257 g/mol. The van der Waals surface area contributed by atoms with Crippen LogP contribution in [0.25, 0.3) is 0 Å². The molecule has 2 unspecified atom stereocenters. The van der Waals surface area contributed by atoms with Gasteiger partial charge >= 0.3 is 0 Å². The number of aliphatic hydroxyl groups excluding tert-OH is 1. The fraction of sp³-hybridized carbons (Fsp3) is 0.692. The smallest absolute Gasteiger partial charge is 0.0616 e. The van der Waals surface area contributed by atoms with Crippen LogP contribution in [0.15, 0.2) is 17.5 Å². The van der Waals surface area contributed by atoms with Crippen LogP contribution in [0.1, 0.15) is 31.2 Å². The summed E-state index contributed by atoms with van der Waals surface area (Å²) >= 11 is 1.77. The number of nitrogens with one attached hydrogen (secondary N) is 1. The molecule has 0 fully saturated rings. The predicted molar refractivity (Wildman–Crippen MR) is 72.4 cm³/mol.